The van der Waals surface area contributed by atoms with Gasteiger partial charge in [0.15, 0.2) is 0 Å². The Bertz CT molecular complexity index is 250. The van der Waals surface area contributed by atoms with Crippen LogP contribution < -0.4 is 21.5 Å². The molecule has 0 radical (unpaired) electrons. The highest BCUT2D eigenvalue weighted by molar-refractivity contribution is 5.30. The quantitative estimate of drug-likeness (QED) is 0.283. The largest absolute Gasteiger partial charge is 0.389 e. The number of nitrogens with two attached hydrogens (primary N) is 2. The maximum Gasteiger partial charge on any atom is 0.358 e. The highest BCUT2D eigenvalue weighted by Crippen LogP contribution is 1.98. The topological polar surface area (TPSA) is 114 Å². The van der Waals surface area contributed by atoms with Gasteiger partial charge in [0.2, 0.25) is 0 Å². The van der Waals surface area contributed by atoms with E-state index in [4.69, 9.17) is 16.7 Å². The monoisotopic (exact) mass is 157 g/mol. The van der Waals surface area contributed by atoms with Crippen molar-refractivity contribution < 1.29 is 9.94 Å². The molecular formula is C4H9N6O+. The summed E-state index contributed by atoms with van der Waals surface area (Å²) in [6.45, 7) is 0. The van der Waals surface area contributed by atoms with E-state index in [1.807, 2.05) is 0 Å². The van der Waals surface area contributed by atoms with E-state index in [9.17, 15) is 0 Å². The number of nitrogen functional groups attached to an aromatic ring is 2. The predicted octanol–water partition coefficient (Wildman–Crippen LogP) is -1.79. The number of nitrogens with one attached hydrogen (secondary N) is 1. The molecule has 0 aliphatic carbocycles. The summed E-state index contributed by atoms with van der Waals surface area (Å²) in [5.41, 5.74) is 10.5. The Balaban J connectivity index is 3.21. The van der Waals surface area contributed by atoms with Gasteiger partial charge in [-0.05, 0) is 4.73 Å². The Morgan fingerprint density at radius 1 is 1.36 bits per heavy atom. The molecule has 0 aromatic carbocycles. The van der Waals surface area contributed by atoms with Crippen LogP contribution in [0.4, 0.5) is 17.8 Å². The summed E-state index contributed by atoms with van der Waals surface area (Å²) < 4.78 is 0.501. The fourth-order valence-electron chi connectivity index (χ4n) is 0.566. The number of hydrogen-bond donors (Lipinski definition) is 4. The van der Waals surface area contributed by atoms with E-state index in [-0.39, 0.29) is 17.8 Å². The third-order valence-electron chi connectivity index (χ3n) is 1.10. The van der Waals surface area contributed by atoms with Gasteiger partial charge >= 0.3 is 17.8 Å². The zero-order valence-electron chi connectivity index (χ0n) is 5.94. The van der Waals surface area contributed by atoms with Crippen molar-refractivity contribution in [1.82, 2.24) is 9.97 Å². The van der Waals surface area contributed by atoms with Gasteiger partial charge in [-0.1, -0.05) is 9.97 Å². The molecule has 6 N–H and O–H groups in total. The molecule has 0 aliphatic heterocycles. The summed E-state index contributed by atoms with van der Waals surface area (Å²) in [5, 5.41) is 11.6. The van der Waals surface area contributed by atoms with E-state index in [1.54, 1.807) is 7.05 Å². The first-order valence-electron chi connectivity index (χ1n) is 2.87. The Morgan fingerprint density at radius 3 is 2.18 bits per heavy atom. The standard InChI is InChI=1S/C4H8N6O/c1-7-4-8-2(5)10(11)3(6)9-4/h11H,1H3,(H4,5,6,7,8,9)/p+1. The van der Waals surface area contributed by atoms with E-state index >= 15 is 0 Å². The normalized spacial score (nSPS) is 9.55. The van der Waals surface area contributed by atoms with Gasteiger partial charge in [0.25, 0.3) is 0 Å². The van der Waals surface area contributed by atoms with Crippen molar-refractivity contribution in [2.75, 3.05) is 23.8 Å². The van der Waals surface area contributed by atoms with Crippen LogP contribution in [0.1, 0.15) is 0 Å². The molecule has 1 aromatic rings. The van der Waals surface area contributed by atoms with Gasteiger partial charge in [-0.3, -0.25) is 0 Å². The van der Waals surface area contributed by atoms with E-state index in [1.165, 1.54) is 0 Å². The molecule has 0 spiro atoms. The minimum atomic E-state index is -0.109. The van der Waals surface area contributed by atoms with Crippen LogP contribution in [-0.4, -0.2) is 22.2 Å². The van der Waals surface area contributed by atoms with Crippen molar-refractivity contribution in [3.05, 3.63) is 0 Å². The molecule has 0 amide bonds. The summed E-state index contributed by atoms with van der Waals surface area (Å²) in [5.74, 6) is 0.0500. The SMILES string of the molecule is CNc1nc(N)[n+](O)c(N)n1. The molecule has 0 saturated heterocycles. The molecule has 0 aliphatic rings. The Kier molecular flexibility index (Phi) is 1.63. The van der Waals surface area contributed by atoms with Gasteiger partial charge in [-0.25, -0.2) is 0 Å². The first-order chi connectivity index (χ1) is 5.15. The average molecular weight is 157 g/mol. The highest BCUT2D eigenvalue weighted by Gasteiger charge is 2.12. The average Bonchev–Trinajstić information content (AvgIpc) is 1.99. The fraction of sp³-hybridized carbons (Fsp3) is 0.250. The summed E-state index contributed by atoms with van der Waals surface area (Å²) in [4.78, 5) is 7.28. The molecule has 60 valence electrons. The van der Waals surface area contributed by atoms with Crippen LogP contribution in [0, 0.1) is 0 Å². The smallest absolute Gasteiger partial charge is 0.358 e. The van der Waals surface area contributed by atoms with Crippen LogP contribution >= 0.6 is 0 Å². The van der Waals surface area contributed by atoms with Crippen LogP contribution in [0.25, 0.3) is 0 Å². The van der Waals surface area contributed by atoms with Crippen LogP contribution in [-0.2, 0) is 0 Å². The van der Waals surface area contributed by atoms with Crippen LogP contribution in [0.5, 0.6) is 0 Å². The van der Waals surface area contributed by atoms with Crippen LogP contribution in [0.2, 0.25) is 0 Å². The van der Waals surface area contributed by atoms with Crippen molar-refractivity contribution in [2.45, 2.75) is 0 Å². The van der Waals surface area contributed by atoms with Gasteiger partial charge in [-0.2, -0.15) is 0 Å². The molecule has 0 unspecified atom stereocenters. The van der Waals surface area contributed by atoms with E-state index in [0.717, 1.165) is 0 Å². The number of nitrogens with zero attached hydrogens (tertiary/aromatic N) is 3. The highest BCUT2D eigenvalue weighted by atomic mass is 16.5. The van der Waals surface area contributed by atoms with Crippen molar-refractivity contribution in [1.29, 1.82) is 0 Å². The van der Waals surface area contributed by atoms with Crippen LogP contribution in [0.15, 0.2) is 0 Å². The summed E-state index contributed by atoms with van der Waals surface area (Å²) >= 11 is 0. The second-order valence-corrected chi connectivity index (χ2v) is 1.83. The Morgan fingerprint density at radius 2 is 1.82 bits per heavy atom. The number of anilines is 3. The number of hydrogen-bond acceptors (Lipinski definition) is 6. The molecule has 1 aromatic heterocycles. The van der Waals surface area contributed by atoms with E-state index in [2.05, 4.69) is 15.3 Å². The fourth-order valence-corrected chi connectivity index (χ4v) is 0.566. The van der Waals surface area contributed by atoms with Gasteiger partial charge in [-0.15, -0.1) is 0 Å². The molecule has 1 rings (SSSR count). The third kappa shape index (κ3) is 1.20. The molecule has 7 nitrogen and oxygen atoms in total. The van der Waals surface area contributed by atoms with E-state index in [0.29, 0.717) is 4.73 Å². The van der Waals surface area contributed by atoms with Crippen molar-refractivity contribution >= 4 is 17.8 Å². The number of aromatic nitrogens is 3. The molecule has 7 heteroatoms. The lowest BCUT2D eigenvalue weighted by atomic mass is 10.8. The predicted molar refractivity (Wildman–Crippen MR) is 37.8 cm³/mol. The maximum atomic E-state index is 8.94. The molecule has 0 atom stereocenters. The second-order valence-electron chi connectivity index (χ2n) is 1.83. The number of rotatable bonds is 1. The van der Waals surface area contributed by atoms with E-state index < -0.39 is 0 Å². The molecule has 1 heterocycles. The first kappa shape index (κ1) is 7.32. The second kappa shape index (κ2) is 2.45. The van der Waals surface area contributed by atoms with Gasteiger partial charge in [0.1, 0.15) is 0 Å². The summed E-state index contributed by atoms with van der Waals surface area (Å²) in [6.07, 6.45) is 0. The minimum Gasteiger partial charge on any atom is -0.389 e. The van der Waals surface area contributed by atoms with Gasteiger partial charge in [0.05, 0.1) is 0 Å². The van der Waals surface area contributed by atoms with Crippen molar-refractivity contribution in [3.63, 3.8) is 0 Å². The zero-order valence-corrected chi connectivity index (χ0v) is 5.94. The lowest BCUT2D eigenvalue weighted by Crippen LogP contribution is -2.39. The molecule has 0 fully saturated rings. The third-order valence-corrected chi connectivity index (χ3v) is 1.10. The summed E-state index contributed by atoms with van der Waals surface area (Å²) in [6, 6.07) is 0. The zero-order chi connectivity index (χ0) is 8.43. The Labute approximate surface area is 62.6 Å². The van der Waals surface area contributed by atoms with Crippen molar-refractivity contribution in [3.8, 4) is 0 Å². The van der Waals surface area contributed by atoms with Gasteiger partial charge in [0, 0.05) is 7.05 Å². The van der Waals surface area contributed by atoms with Crippen molar-refractivity contribution in [2.24, 2.45) is 0 Å². The van der Waals surface area contributed by atoms with Gasteiger partial charge < -0.3 is 22.0 Å². The first-order valence-corrected chi connectivity index (χ1v) is 2.87. The molecule has 11 heavy (non-hydrogen) atoms. The Hall–Kier alpha value is -1.79. The molecule has 0 saturated carbocycles. The maximum absolute atomic E-state index is 8.94. The molecular weight excluding hydrogens is 148 g/mol. The lowest BCUT2D eigenvalue weighted by Gasteiger charge is -1.97. The minimum absolute atomic E-state index is 0.109. The molecule has 0 bridgehead atoms. The summed E-state index contributed by atoms with van der Waals surface area (Å²) in [7, 11) is 1.62. The lowest BCUT2D eigenvalue weighted by molar-refractivity contribution is -0.885. The van der Waals surface area contributed by atoms with Crippen LogP contribution in [0.3, 0.4) is 0 Å².